The average Bonchev–Trinajstić information content (AvgIpc) is 0.774. The number of halogens is 7. The largest absolute Gasteiger partial charge is 0.497 e. The Balaban J connectivity index is 0.000000613. The number of hydrogen-bond acceptors (Lipinski definition) is 34. The van der Waals surface area contributed by atoms with Gasteiger partial charge < -0.3 is 70.4 Å². The van der Waals surface area contributed by atoms with Crippen molar-refractivity contribution in [3.05, 3.63) is 158 Å². The van der Waals surface area contributed by atoms with Gasteiger partial charge in [0.05, 0.1) is 95.7 Å². The van der Waals surface area contributed by atoms with Gasteiger partial charge in [0.15, 0.2) is 23.1 Å². The van der Waals surface area contributed by atoms with E-state index >= 15 is 0 Å². The van der Waals surface area contributed by atoms with Gasteiger partial charge in [-0.05, 0) is 108 Å². The van der Waals surface area contributed by atoms with Crippen molar-refractivity contribution in [3.8, 4) is 45.8 Å². The van der Waals surface area contributed by atoms with Crippen molar-refractivity contribution in [2.75, 3.05) is 104 Å². The molecule has 0 aliphatic carbocycles. The number of aryl methyl sites for hydroxylation is 1. The van der Waals surface area contributed by atoms with E-state index in [9.17, 15) is 44.2 Å². The number of carbonyl (C=O) groups is 5. The van der Waals surface area contributed by atoms with Crippen LogP contribution in [0.4, 0.5) is 40.2 Å². The molecule has 0 radical (unpaired) electrons. The predicted octanol–water partition coefficient (Wildman–Crippen LogP) is 10.5. The van der Waals surface area contributed by atoms with Crippen molar-refractivity contribution in [1.29, 1.82) is 0 Å². The first-order chi connectivity index (χ1) is 50.0. The van der Waals surface area contributed by atoms with Crippen molar-refractivity contribution >= 4 is 166 Å². The molecule has 0 saturated carbocycles. The number of esters is 2. The summed E-state index contributed by atoms with van der Waals surface area (Å²) in [6, 6.07) is 15.4. The summed E-state index contributed by atoms with van der Waals surface area (Å²) in [4.78, 5) is 125. The van der Waals surface area contributed by atoms with Gasteiger partial charge in [0.25, 0.3) is 11.5 Å². The molecule has 9 aromatic rings. The summed E-state index contributed by atoms with van der Waals surface area (Å²) >= 11 is 36.1. The predicted molar refractivity (Wildman–Crippen MR) is 398 cm³/mol. The highest BCUT2D eigenvalue weighted by molar-refractivity contribution is 9.10. The Bertz CT molecular complexity index is 4390. The fourth-order valence-corrected chi connectivity index (χ4v) is 8.14. The highest BCUT2D eigenvalue weighted by atomic mass is 79.9. The number of Topliss-reactive ketones (excluding diaryl/α,β-unsaturated/α-hetero) is 2. The fraction of sp³-hybridized carbons (Fsp3) is 0.262. The first-order valence-corrected chi connectivity index (χ1v) is 32.0. The molecule has 0 saturated heterocycles. The van der Waals surface area contributed by atoms with Crippen LogP contribution < -0.4 is 61.4 Å². The number of nitro groups is 2. The summed E-state index contributed by atoms with van der Waals surface area (Å²) in [6.07, 6.45) is 6.41. The number of aliphatic carboxylic acids is 1. The Morgan fingerprint density at radius 1 is 0.528 bits per heavy atom. The molecule has 0 spiro atoms. The topological polar surface area (TPSA) is 518 Å². The minimum atomic E-state index is -0.927. The van der Waals surface area contributed by atoms with Gasteiger partial charge in [0.2, 0.25) is 43.2 Å². The van der Waals surface area contributed by atoms with Gasteiger partial charge >= 0.3 is 23.3 Å². The summed E-state index contributed by atoms with van der Waals surface area (Å²) in [7, 11) is 15.9. The first kappa shape index (κ1) is 92.8. The number of rotatable bonds is 16. The monoisotopic (exact) mass is 1660 g/mol. The molecule has 570 valence electrons. The van der Waals surface area contributed by atoms with Crippen molar-refractivity contribution in [2.24, 2.45) is 7.05 Å². The standard InChI is InChI=1S/C15H13ClN4O3.C11H12O4.C8H9BrO2.C6H10O4.C5H5ClN4O2.2C5H7ClN4.C4HCl2N3O2.C2H4O2/c1-20-13-11(7-17-15(16)19-13)18-12(14(20)21)8-4-9(22-2)6-10(5-8)23-3;1-7(12)11(13)8-4-9(14-2)6-10(5-8)15-3;1-10-7-3-6(9)4-8(5-7)11-2;1-3-9-5(7)6(8)10-4-2;1-7-4-3(10(11)12)2-8-5(6)9-4;2*1-8-4-3(7)2-9-5(6)10-4;5-3-2(9(10)11)1-7-4(6)8-3;1-2(3)4/h4-7H,1-3H3;4-6H,1-3H3;3-5H,1-2H3;3-4H2,1-2H3;2H,1H3,(H,7,8,9);2*2H,7H2,1H3,(H,8,9,10);1H;1H3,(H,3,4). The molecule has 0 aliphatic rings. The highest BCUT2D eigenvalue weighted by Crippen LogP contribution is 2.30. The number of aromatic nitrogens is 12. The lowest BCUT2D eigenvalue weighted by atomic mass is 10.1. The van der Waals surface area contributed by atoms with E-state index in [1.807, 2.05) is 18.2 Å². The fourth-order valence-electron chi connectivity index (χ4n) is 6.79. The zero-order chi connectivity index (χ0) is 80.5. The van der Waals surface area contributed by atoms with E-state index in [4.69, 9.17) is 119 Å². The van der Waals surface area contributed by atoms with Gasteiger partial charge in [-0.15, -0.1) is 0 Å². The van der Waals surface area contributed by atoms with Gasteiger partial charge in [-0.25, -0.2) is 39.5 Å². The zero-order valence-electron chi connectivity index (χ0n) is 58.4. The number of nitrogens with two attached hydrogens (primary N) is 2. The van der Waals surface area contributed by atoms with Crippen LogP contribution in [0.15, 0.2) is 94.8 Å². The van der Waals surface area contributed by atoms with E-state index < -0.39 is 39.3 Å². The van der Waals surface area contributed by atoms with Gasteiger partial charge in [-0.1, -0.05) is 27.5 Å². The van der Waals surface area contributed by atoms with Gasteiger partial charge in [-0.3, -0.25) is 44.0 Å². The van der Waals surface area contributed by atoms with Crippen LogP contribution >= 0.6 is 85.5 Å². The number of carboxylic acids is 1. The normalized spacial score (nSPS) is 9.56. The van der Waals surface area contributed by atoms with Crippen molar-refractivity contribution < 1.29 is 76.8 Å². The number of benzene rings is 3. The summed E-state index contributed by atoms with van der Waals surface area (Å²) in [5.41, 5.74) is 13.0. The third-order valence-electron chi connectivity index (χ3n) is 11.5. The quantitative estimate of drug-likeness (QED) is 0.00995. The average molecular weight is 1660 g/mol. The lowest BCUT2D eigenvalue weighted by molar-refractivity contribution is -0.385. The first-order valence-electron chi connectivity index (χ1n) is 29.0. The summed E-state index contributed by atoms with van der Waals surface area (Å²) in [5.74, 6) is 1.16. The number of hydrogen-bond donors (Lipinski definition) is 6. The zero-order valence-corrected chi connectivity index (χ0v) is 64.5. The molecule has 0 unspecified atom stereocenters. The molecule has 6 aromatic heterocycles. The van der Waals surface area contributed by atoms with E-state index in [0.717, 1.165) is 35.3 Å². The van der Waals surface area contributed by atoms with Crippen LogP contribution in [0.25, 0.3) is 22.4 Å². The molecule has 0 bridgehead atoms. The van der Waals surface area contributed by atoms with Crippen LogP contribution in [0.2, 0.25) is 31.6 Å². The molecule has 3 aromatic carbocycles. The van der Waals surface area contributed by atoms with Crippen LogP contribution in [0, 0.1) is 20.2 Å². The SMILES string of the molecule is CC(=O)O.CCOC(=O)C(=O)OCC.CNc1nc(Cl)ncc1N.CNc1nc(Cl)ncc1N.CNc1nc(Cl)ncc1[N+](=O)[O-].COc1cc(Br)cc(OC)c1.COc1cc(OC)cc(-c2nc3cnc(Cl)nc3n(C)c2=O)c1.COc1cc(OC)cc(C(=O)C(C)=O)c1.O=[N+]([O-])c1cnc(Cl)nc1Cl. The Labute approximate surface area is 641 Å². The van der Waals surface area contributed by atoms with Crippen LogP contribution in [0.3, 0.4) is 0 Å². The highest BCUT2D eigenvalue weighted by Gasteiger charge is 2.19. The molecule has 9 rings (SSSR count). The molecule has 6 heterocycles. The second-order valence-electron chi connectivity index (χ2n) is 18.6. The second-order valence-corrected chi connectivity index (χ2v) is 21.6. The van der Waals surface area contributed by atoms with Crippen LogP contribution in [0.5, 0.6) is 34.5 Å². The number of nitrogen functional groups attached to an aromatic ring is 2. The third-order valence-corrected chi connectivity index (χ3v) is 13.1. The number of nitrogens with zero attached hydrogens (tertiary/aromatic N) is 14. The van der Waals surface area contributed by atoms with Crippen molar-refractivity contribution in [2.45, 2.75) is 27.7 Å². The maximum Gasteiger partial charge on any atom is 0.417 e. The lowest BCUT2D eigenvalue weighted by Gasteiger charge is -2.10. The molecule has 106 heavy (non-hydrogen) atoms. The lowest BCUT2D eigenvalue weighted by Crippen LogP contribution is -2.21. The molecule has 0 amide bonds. The smallest absolute Gasteiger partial charge is 0.417 e. The summed E-state index contributed by atoms with van der Waals surface area (Å²) in [5, 5.41) is 36.0. The molecule has 45 heteroatoms. The molecule has 0 atom stereocenters. The van der Waals surface area contributed by atoms with E-state index in [-0.39, 0.29) is 78.8 Å². The van der Waals surface area contributed by atoms with E-state index in [0.29, 0.717) is 62.7 Å². The number of anilines is 5. The molecule has 8 N–H and O–H groups in total. The Morgan fingerprint density at radius 3 is 1.22 bits per heavy atom. The number of methoxy groups -OCH3 is 6. The number of ketones is 2. The van der Waals surface area contributed by atoms with Crippen LogP contribution in [-0.4, -0.2) is 181 Å². The molecular formula is C61H68BrCl6N19O19. The minimum absolute atomic E-state index is 0.0232. The van der Waals surface area contributed by atoms with E-state index in [2.05, 4.69) is 96.2 Å². The van der Waals surface area contributed by atoms with Gasteiger partial charge in [-0.2, -0.15) is 24.9 Å². The number of fused-ring (bicyclic) bond motifs is 1. The van der Waals surface area contributed by atoms with Crippen molar-refractivity contribution in [3.63, 3.8) is 0 Å². The number of carboxylic acid groups (broad SMARTS) is 1. The molecule has 0 fully saturated rings. The van der Waals surface area contributed by atoms with E-state index in [1.165, 1.54) is 63.5 Å². The number of carbonyl (C=O) groups excluding carboxylic acids is 4. The van der Waals surface area contributed by atoms with Gasteiger partial charge in [0, 0.05) is 75.8 Å². The van der Waals surface area contributed by atoms with Crippen LogP contribution in [0.1, 0.15) is 38.1 Å². The maximum atomic E-state index is 12.6. The minimum Gasteiger partial charge on any atom is -0.497 e. The Hall–Kier alpha value is -11.2. The number of nitrogens with one attached hydrogen (secondary N) is 3. The summed E-state index contributed by atoms with van der Waals surface area (Å²) < 4.78 is 41.5. The van der Waals surface area contributed by atoms with Crippen molar-refractivity contribution in [1.82, 2.24) is 59.4 Å². The summed E-state index contributed by atoms with van der Waals surface area (Å²) in [6.45, 7) is 5.94. The third kappa shape index (κ3) is 33.0. The second kappa shape index (κ2) is 48.7. The molecular weight excluding hydrogens is 1600 g/mol. The number of ether oxygens (including phenoxy) is 8. The Kier molecular flexibility index (Phi) is 42.6. The Morgan fingerprint density at radius 2 is 0.868 bits per heavy atom. The van der Waals surface area contributed by atoms with Crippen LogP contribution in [-0.2, 0) is 35.7 Å². The van der Waals surface area contributed by atoms with Gasteiger partial charge in [0.1, 0.15) is 58.1 Å². The van der Waals surface area contributed by atoms with E-state index in [1.54, 1.807) is 87.7 Å². The maximum absolute atomic E-state index is 12.6. The molecule has 0 aliphatic heterocycles. The molecule has 38 nitrogen and oxygen atoms in total.